The molecule has 0 spiro atoms. The van der Waals surface area contributed by atoms with Crippen LogP contribution >= 0.6 is 23.1 Å². The van der Waals surface area contributed by atoms with E-state index in [1.807, 2.05) is 13.8 Å². The molecule has 2 atom stereocenters. The molecular formula is C22H21F3N2O3S2. The quantitative estimate of drug-likeness (QED) is 0.344. The molecule has 0 aliphatic heterocycles. The molecule has 0 amide bonds. The molecule has 0 aliphatic rings. The summed E-state index contributed by atoms with van der Waals surface area (Å²) in [5.74, 6) is -1.49. The van der Waals surface area contributed by atoms with Gasteiger partial charge in [0.1, 0.15) is 10.9 Å². The van der Waals surface area contributed by atoms with Crippen molar-refractivity contribution in [2.24, 2.45) is 5.92 Å². The van der Waals surface area contributed by atoms with Gasteiger partial charge < -0.3 is 9.84 Å². The van der Waals surface area contributed by atoms with E-state index in [1.165, 1.54) is 41.4 Å². The number of thioether (sulfide) groups is 1. The summed E-state index contributed by atoms with van der Waals surface area (Å²) in [5, 5.41) is 10.8. The Morgan fingerprint density at radius 1 is 1.25 bits per heavy atom. The zero-order valence-corrected chi connectivity index (χ0v) is 18.9. The molecule has 2 aromatic heterocycles. The summed E-state index contributed by atoms with van der Waals surface area (Å²) < 4.78 is 44.8. The highest BCUT2D eigenvalue weighted by Crippen LogP contribution is 2.33. The van der Waals surface area contributed by atoms with Crippen molar-refractivity contribution in [2.75, 3.05) is 5.75 Å². The predicted octanol–water partition coefficient (Wildman–Crippen LogP) is 5.36. The van der Waals surface area contributed by atoms with Gasteiger partial charge in [0.2, 0.25) is 0 Å². The number of alkyl halides is 3. The van der Waals surface area contributed by atoms with E-state index in [1.54, 1.807) is 18.3 Å². The van der Waals surface area contributed by atoms with E-state index >= 15 is 0 Å². The average Bonchev–Trinajstić information content (AvgIpc) is 3.09. The van der Waals surface area contributed by atoms with Crippen LogP contribution in [0.25, 0.3) is 0 Å². The first-order chi connectivity index (χ1) is 15.1. The van der Waals surface area contributed by atoms with Gasteiger partial charge in [-0.15, -0.1) is 11.3 Å². The van der Waals surface area contributed by atoms with E-state index < -0.39 is 29.7 Å². The molecule has 170 valence electrons. The number of carbonyl (C=O) groups is 1. The third-order valence-corrected chi connectivity index (χ3v) is 7.08. The fraction of sp³-hybridized carbons (Fsp3) is 0.318. The van der Waals surface area contributed by atoms with Crippen LogP contribution < -0.4 is 0 Å². The molecular weight excluding hydrogens is 461 g/mol. The van der Waals surface area contributed by atoms with Crippen molar-refractivity contribution >= 4 is 29.1 Å². The Morgan fingerprint density at radius 3 is 2.66 bits per heavy atom. The topological polar surface area (TPSA) is 72.3 Å². The number of aryl methyl sites for hydroxylation is 2. The van der Waals surface area contributed by atoms with E-state index in [4.69, 9.17) is 4.74 Å². The predicted molar refractivity (Wildman–Crippen MR) is 116 cm³/mol. The Kier molecular flexibility index (Phi) is 7.91. The van der Waals surface area contributed by atoms with Crippen molar-refractivity contribution in [3.63, 3.8) is 0 Å². The Hall–Kier alpha value is -2.43. The number of benzene rings is 1. The number of aromatic nitrogens is 2. The van der Waals surface area contributed by atoms with E-state index in [9.17, 15) is 23.1 Å². The number of pyridine rings is 1. The Balaban J connectivity index is 1.73. The van der Waals surface area contributed by atoms with E-state index in [0.29, 0.717) is 5.56 Å². The number of nitrogens with zero attached hydrogens (tertiary/aromatic N) is 2. The maximum Gasteiger partial charge on any atom is 0.416 e. The largest absolute Gasteiger partial charge is 0.460 e. The molecule has 1 aromatic carbocycles. The number of hydrogen-bond acceptors (Lipinski definition) is 7. The fourth-order valence-corrected chi connectivity index (χ4v) is 5.13. The molecule has 0 saturated carbocycles. The molecule has 2 unspecified atom stereocenters. The minimum Gasteiger partial charge on any atom is -0.460 e. The lowest BCUT2D eigenvalue weighted by molar-refractivity contribution is -0.153. The normalized spacial score (nSPS) is 13.6. The molecule has 5 nitrogen and oxygen atoms in total. The van der Waals surface area contributed by atoms with Gasteiger partial charge in [0.15, 0.2) is 0 Å². The first kappa shape index (κ1) is 24.2. The molecule has 0 saturated heterocycles. The van der Waals surface area contributed by atoms with Gasteiger partial charge in [-0.25, -0.2) is 4.98 Å². The Labute approximate surface area is 191 Å². The molecule has 3 rings (SSSR count). The minimum absolute atomic E-state index is 0.184. The summed E-state index contributed by atoms with van der Waals surface area (Å²) in [6.07, 6.45) is -2.67. The van der Waals surface area contributed by atoms with Crippen LogP contribution in [0.15, 0.2) is 53.1 Å². The molecule has 10 heteroatoms. The van der Waals surface area contributed by atoms with Gasteiger partial charge in [-0.05, 0) is 43.2 Å². The molecule has 2 heterocycles. The lowest BCUT2D eigenvalue weighted by Crippen LogP contribution is -2.27. The lowest BCUT2D eigenvalue weighted by Gasteiger charge is -2.21. The number of carbonyl (C=O) groups excluding carboxylic acids is 1. The summed E-state index contributed by atoms with van der Waals surface area (Å²) >= 11 is 2.81. The van der Waals surface area contributed by atoms with Crippen molar-refractivity contribution in [1.82, 2.24) is 9.97 Å². The number of rotatable bonds is 8. The zero-order chi connectivity index (χ0) is 23.3. The minimum atomic E-state index is -4.49. The molecule has 0 bridgehead atoms. The lowest BCUT2D eigenvalue weighted by atomic mass is 9.99. The van der Waals surface area contributed by atoms with Gasteiger partial charge in [0, 0.05) is 23.0 Å². The summed E-state index contributed by atoms with van der Waals surface area (Å²) in [7, 11) is 0. The average molecular weight is 483 g/mol. The van der Waals surface area contributed by atoms with Crippen LogP contribution in [0.4, 0.5) is 13.2 Å². The Morgan fingerprint density at radius 2 is 2.03 bits per heavy atom. The SMILES string of the molecule is Cc1nc(SCC(C(=O)OCc2cccc(C(F)(F)F)c2)C(O)c2cccnc2)sc1C. The first-order valence-electron chi connectivity index (χ1n) is 9.62. The molecule has 0 fully saturated rings. The molecule has 0 radical (unpaired) electrons. The van der Waals surface area contributed by atoms with Crippen LogP contribution in [0.5, 0.6) is 0 Å². The smallest absolute Gasteiger partial charge is 0.416 e. The monoisotopic (exact) mass is 482 g/mol. The third kappa shape index (κ3) is 6.30. The summed E-state index contributed by atoms with van der Waals surface area (Å²) in [6, 6.07) is 7.89. The van der Waals surface area contributed by atoms with Gasteiger partial charge in [0.25, 0.3) is 0 Å². The fourth-order valence-electron chi connectivity index (χ4n) is 2.84. The molecule has 3 aromatic rings. The van der Waals surface area contributed by atoms with Crippen LogP contribution in [-0.4, -0.2) is 26.8 Å². The number of esters is 1. The second kappa shape index (κ2) is 10.5. The summed E-state index contributed by atoms with van der Waals surface area (Å²) in [5.41, 5.74) is 0.735. The second-order valence-corrected chi connectivity index (χ2v) is 9.55. The van der Waals surface area contributed by atoms with Crippen molar-refractivity contribution < 1.29 is 27.8 Å². The zero-order valence-electron chi connectivity index (χ0n) is 17.3. The highest BCUT2D eigenvalue weighted by Gasteiger charge is 2.32. The maximum atomic E-state index is 12.9. The summed E-state index contributed by atoms with van der Waals surface area (Å²) in [6.45, 7) is 3.50. The molecule has 32 heavy (non-hydrogen) atoms. The van der Waals surface area contributed by atoms with Crippen LogP contribution in [0.1, 0.15) is 33.4 Å². The van der Waals surface area contributed by atoms with Gasteiger partial charge in [-0.2, -0.15) is 13.2 Å². The van der Waals surface area contributed by atoms with Gasteiger partial charge in [-0.3, -0.25) is 9.78 Å². The number of hydrogen-bond donors (Lipinski definition) is 1. The van der Waals surface area contributed by atoms with Crippen molar-refractivity contribution in [3.05, 3.63) is 76.1 Å². The van der Waals surface area contributed by atoms with Crippen LogP contribution in [0, 0.1) is 19.8 Å². The number of ether oxygens (including phenoxy) is 1. The highest BCUT2D eigenvalue weighted by atomic mass is 32.2. The van der Waals surface area contributed by atoms with Crippen molar-refractivity contribution in [2.45, 2.75) is 37.1 Å². The van der Waals surface area contributed by atoms with Crippen molar-refractivity contribution in [1.29, 1.82) is 0 Å². The van der Waals surface area contributed by atoms with Gasteiger partial charge >= 0.3 is 12.1 Å². The number of aliphatic hydroxyl groups excluding tert-OH is 1. The number of aliphatic hydroxyl groups is 1. The van der Waals surface area contributed by atoms with Crippen molar-refractivity contribution in [3.8, 4) is 0 Å². The van der Waals surface area contributed by atoms with Gasteiger partial charge in [0.05, 0.1) is 23.3 Å². The van der Waals surface area contributed by atoms with E-state index in [2.05, 4.69) is 9.97 Å². The third-order valence-electron chi connectivity index (χ3n) is 4.74. The summed E-state index contributed by atoms with van der Waals surface area (Å²) in [4.78, 5) is 22.3. The maximum absolute atomic E-state index is 12.9. The highest BCUT2D eigenvalue weighted by molar-refractivity contribution is 8.01. The number of halogens is 3. The number of thiazole rings is 1. The van der Waals surface area contributed by atoms with Gasteiger partial charge in [-0.1, -0.05) is 30.0 Å². The molecule has 0 aliphatic carbocycles. The molecule has 1 N–H and O–H groups in total. The second-order valence-electron chi connectivity index (χ2n) is 7.08. The van der Waals surface area contributed by atoms with Crippen LogP contribution in [0.3, 0.4) is 0 Å². The van der Waals surface area contributed by atoms with Crippen LogP contribution in [-0.2, 0) is 22.3 Å². The first-order valence-corrected chi connectivity index (χ1v) is 11.4. The van der Waals surface area contributed by atoms with E-state index in [0.717, 1.165) is 27.0 Å². The Bertz CT molecular complexity index is 1040. The van der Waals surface area contributed by atoms with Crippen LogP contribution in [0.2, 0.25) is 0 Å². The van der Waals surface area contributed by atoms with E-state index in [-0.39, 0.29) is 17.9 Å². The standard InChI is InChI=1S/C22H21F3N2O3S2/c1-13-14(2)32-21(27-13)31-12-18(19(28)16-6-4-8-26-10-16)20(29)30-11-15-5-3-7-17(9-15)22(23,24)25/h3-10,18-19,28H,11-12H2,1-2H3.